The minimum absolute atomic E-state index is 0.262. The summed E-state index contributed by atoms with van der Waals surface area (Å²) in [5.74, 6) is -0.841. The number of esters is 1. The van der Waals surface area contributed by atoms with Gasteiger partial charge in [0.15, 0.2) is 6.61 Å². The lowest BCUT2D eigenvalue weighted by molar-refractivity contribution is -0.125. The highest BCUT2D eigenvalue weighted by Gasteiger charge is 2.17. The van der Waals surface area contributed by atoms with Gasteiger partial charge in [-0.3, -0.25) is 20.4 Å². The number of hydrogen-bond donors (Lipinski definition) is 2. The Morgan fingerprint density at radius 2 is 1.83 bits per heavy atom. The molecule has 0 aliphatic heterocycles. The van der Waals surface area contributed by atoms with Crippen LogP contribution in [0.4, 0.5) is 0 Å². The predicted molar refractivity (Wildman–Crippen MR) is 88.2 cm³/mol. The van der Waals surface area contributed by atoms with Crippen LogP contribution in [0.15, 0.2) is 39.2 Å². The van der Waals surface area contributed by atoms with Crippen molar-refractivity contribution in [3.63, 3.8) is 0 Å². The minimum Gasteiger partial charge on any atom is -0.466 e. The van der Waals surface area contributed by atoms with Crippen molar-refractivity contribution in [1.29, 1.82) is 0 Å². The molecular formula is C16H15BrN2O5. The monoisotopic (exact) mass is 394 g/mol. The van der Waals surface area contributed by atoms with E-state index in [0.717, 1.165) is 0 Å². The summed E-state index contributed by atoms with van der Waals surface area (Å²) >= 11 is 3.24. The van der Waals surface area contributed by atoms with E-state index in [-0.39, 0.29) is 5.56 Å². The van der Waals surface area contributed by atoms with Crippen LogP contribution in [-0.4, -0.2) is 24.4 Å². The summed E-state index contributed by atoms with van der Waals surface area (Å²) in [4.78, 5) is 35.4. The Bertz CT molecular complexity index is 785. The maximum atomic E-state index is 11.9. The molecule has 0 fully saturated rings. The molecule has 8 heteroatoms. The van der Waals surface area contributed by atoms with Gasteiger partial charge in [0, 0.05) is 4.47 Å². The molecule has 2 N–H and O–H groups in total. The van der Waals surface area contributed by atoms with Crippen LogP contribution in [0, 0.1) is 13.8 Å². The van der Waals surface area contributed by atoms with E-state index >= 15 is 0 Å². The van der Waals surface area contributed by atoms with E-state index in [1.807, 2.05) is 0 Å². The number of rotatable bonds is 4. The highest BCUT2D eigenvalue weighted by atomic mass is 79.9. The first-order valence-corrected chi connectivity index (χ1v) is 7.75. The van der Waals surface area contributed by atoms with Gasteiger partial charge in [0.25, 0.3) is 11.8 Å². The van der Waals surface area contributed by atoms with Crippen LogP contribution in [0.25, 0.3) is 0 Å². The summed E-state index contributed by atoms with van der Waals surface area (Å²) in [6.45, 7) is 2.80. The average molecular weight is 395 g/mol. The molecule has 2 aromatic rings. The number of hydrogen-bond acceptors (Lipinski definition) is 5. The van der Waals surface area contributed by atoms with Crippen molar-refractivity contribution in [1.82, 2.24) is 10.9 Å². The Morgan fingerprint density at radius 3 is 2.46 bits per heavy atom. The van der Waals surface area contributed by atoms with Crippen molar-refractivity contribution in [2.24, 2.45) is 0 Å². The summed E-state index contributed by atoms with van der Waals surface area (Å²) in [5, 5.41) is 0. The minimum atomic E-state index is -0.670. The van der Waals surface area contributed by atoms with Crippen molar-refractivity contribution >= 4 is 33.7 Å². The van der Waals surface area contributed by atoms with Gasteiger partial charge >= 0.3 is 5.97 Å². The number of aryl methyl sites for hydroxylation is 2. The standard InChI is InChI=1S/C16H15BrN2O5/c1-9-7-12(10(2)24-9)16(22)23-8-14(20)18-19-15(21)11-5-3-4-6-13(11)17/h3-7H,8H2,1-2H3,(H,18,20)(H,19,21). The summed E-state index contributed by atoms with van der Waals surface area (Å²) in [6.07, 6.45) is 0. The number of hydrazine groups is 1. The first kappa shape index (κ1) is 17.7. The van der Waals surface area contributed by atoms with Gasteiger partial charge in [-0.1, -0.05) is 12.1 Å². The molecule has 2 rings (SSSR count). The zero-order valence-electron chi connectivity index (χ0n) is 13.0. The van der Waals surface area contributed by atoms with Crippen LogP contribution >= 0.6 is 15.9 Å². The Morgan fingerprint density at radius 1 is 1.12 bits per heavy atom. The third kappa shape index (κ3) is 4.45. The molecule has 7 nitrogen and oxygen atoms in total. The second-order valence-electron chi connectivity index (χ2n) is 4.89. The van der Waals surface area contributed by atoms with Crippen molar-refractivity contribution in [2.75, 3.05) is 6.61 Å². The van der Waals surface area contributed by atoms with Gasteiger partial charge in [0.2, 0.25) is 0 Å². The molecule has 0 bridgehead atoms. The largest absolute Gasteiger partial charge is 0.466 e. The molecule has 0 aliphatic rings. The maximum Gasteiger partial charge on any atom is 0.342 e. The second-order valence-corrected chi connectivity index (χ2v) is 5.74. The summed E-state index contributed by atoms with van der Waals surface area (Å²) in [7, 11) is 0. The quantitative estimate of drug-likeness (QED) is 0.612. The highest BCUT2D eigenvalue weighted by molar-refractivity contribution is 9.10. The smallest absolute Gasteiger partial charge is 0.342 e. The van der Waals surface area contributed by atoms with Crippen LogP contribution < -0.4 is 10.9 Å². The van der Waals surface area contributed by atoms with Gasteiger partial charge in [-0.05, 0) is 48.0 Å². The number of furan rings is 1. The van der Waals surface area contributed by atoms with Gasteiger partial charge < -0.3 is 9.15 Å². The summed E-state index contributed by atoms with van der Waals surface area (Å²) in [5.41, 5.74) is 5.04. The second kappa shape index (κ2) is 7.78. The highest BCUT2D eigenvalue weighted by Crippen LogP contribution is 2.15. The first-order chi connectivity index (χ1) is 11.4. The van der Waals surface area contributed by atoms with Crippen molar-refractivity contribution < 1.29 is 23.5 Å². The zero-order valence-corrected chi connectivity index (χ0v) is 14.6. The third-order valence-electron chi connectivity index (χ3n) is 3.03. The molecule has 1 aromatic carbocycles. The fraction of sp³-hybridized carbons (Fsp3) is 0.188. The van der Waals surface area contributed by atoms with Gasteiger partial charge in [0.05, 0.1) is 5.56 Å². The molecule has 24 heavy (non-hydrogen) atoms. The van der Waals surface area contributed by atoms with E-state index in [4.69, 9.17) is 9.15 Å². The van der Waals surface area contributed by atoms with Gasteiger partial charge in [0.1, 0.15) is 17.1 Å². The third-order valence-corrected chi connectivity index (χ3v) is 3.72. The maximum absolute atomic E-state index is 11.9. The van der Waals surface area contributed by atoms with Gasteiger partial charge in [-0.25, -0.2) is 4.79 Å². The molecule has 0 saturated heterocycles. The fourth-order valence-corrected chi connectivity index (χ4v) is 2.38. The fourth-order valence-electron chi connectivity index (χ4n) is 1.92. The van der Waals surface area contributed by atoms with Crippen LogP contribution in [0.1, 0.15) is 32.2 Å². The number of nitrogens with one attached hydrogen (secondary N) is 2. The SMILES string of the molecule is Cc1cc(C(=O)OCC(=O)NNC(=O)c2ccccc2Br)c(C)o1. The molecule has 1 heterocycles. The molecule has 1 aromatic heterocycles. The lowest BCUT2D eigenvalue weighted by Gasteiger charge is -2.08. The van der Waals surface area contributed by atoms with Crippen LogP contribution in [0.3, 0.4) is 0 Å². The zero-order chi connectivity index (χ0) is 17.7. The number of carbonyl (C=O) groups is 3. The van der Waals surface area contributed by atoms with E-state index in [2.05, 4.69) is 26.8 Å². The van der Waals surface area contributed by atoms with Crippen LogP contribution in [0.5, 0.6) is 0 Å². The first-order valence-electron chi connectivity index (χ1n) is 6.96. The molecular weight excluding hydrogens is 380 g/mol. The molecule has 2 amide bonds. The van der Waals surface area contributed by atoms with E-state index < -0.39 is 24.4 Å². The van der Waals surface area contributed by atoms with E-state index in [1.165, 1.54) is 6.07 Å². The van der Waals surface area contributed by atoms with Crippen molar-refractivity contribution in [3.05, 3.63) is 57.5 Å². The van der Waals surface area contributed by atoms with E-state index in [0.29, 0.717) is 21.6 Å². The number of halogens is 1. The molecule has 0 spiro atoms. The Hall–Kier alpha value is -2.61. The molecule has 0 aliphatic carbocycles. The topological polar surface area (TPSA) is 97.6 Å². The number of amides is 2. The van der Waals surface area contributed by atoms with E-state index in [1.54, 1.807) is 38.1 Å². The predicted octanol–water partition coefficient (Wildman–Crippen LogP) is 2.28. The Labute approximate surface area is 146 Å². The molecule has 0 atom stereocenters. The number of carbonyl (C=O) groups excluding carboxylic acids is 3. The molecule has 126 valence electrons. The van der Waals surface area contributed by atoms with E-state index in [9.17, 15) is 14.4 Å². The lowest BCUT2D eigenvalue weighted by atomic mass is 10.2. The molecule has 0 radical (unpaired) electrons. The normalized spacial score (nSPS) is 10.1. The van der Waals surface area contributed by atoms with Crippen molar-refractivity contribution in [2.45, 2.75) is 13.8 Å². The summed E-state index contributed by atoms with van der Waals surface area (Å²) in [6, 6.07) is 8.28. The van der Waals surface area contributed by atoms with Crippen LogP contribution in [0.2, 0.25) is 0 Å². The number of ether oxygens (including phenoxy) is 1. The van der Waals surface area contributed by atoms with Crippen molar-refractivity contribution in [3.8, 4) is 0 Å². The molecule has 0 unspecified atom stereocenters. The average Bonchev–Trinajstić information content (AvgIpc) is 2.89. The van der Waals surface area contributed by atoms with Crippen LogP contribution in [-0.2, 0) is 9.53 Å². The Kier molecular flexibility index (Phi) is 5.75. The lowest BCUT2D eigenvalue weighted by Crippen LogP contribution is -2.43. The Balaban J connectivity index is 1.81. The molecule has 0 saturated carbocycles. The summed E-state index contributed by atoms with van der Waals surface area (Å²) < 4.78 is 10.7. The van der Waals surface area contributed by atoms with Gasteiger partial charge in [-0.2, -0.15) is 0 Å². The van der Waals surface area contributed by atoms with Gasteiger partial charge in [-0.15, -0.1) is 0 Å². The number of benzene rings is 1.